The Morgan fingerprint density at radius 2 is 1.53 bits per heavy atom. The molecular weight excluding hydrogens is 613 g/mol. The van der Waals surface area contributed by atoms with Crippen LogP contribution in [0.1, 0.15) is 37.0 Å². The number of halogens is 2. The molecule has 45 heavy (non-hydrogen) atoms. The van der Waals surface area contributed by atoms with E-state index in [9.17, 15) is 22.4 Å². The topological polar surface area (TPSA) is 86.8 Å². The minimum absolute atomic E-state index is 0.00729. The van der Waals surface area contributed by atoms with E-state index in [-0.39, 0.29) is 35.5 Å². The third-order valence-electron chi connectivity index (χ3n) is 7.52. The number of benzene rings is 4. The smallest absolute Gasteiger partial charge is 0.264 e. The molecule has 1 N–H and O–H groups in total. The van der Waals surface area contributed by atoms with Crippen molar-refractivity contribution in [3.8, 4) is 0 Å². The molecule has 4 aromatic carbocycles. The van der Waals surface area contributed by atoms with Gasteiger partial charge >= 0.3 is 0 Å². The van der Waals surface area contributed by atoms with Crippen LogP contribution in [0.4, 0.5) is 10.1 Å². The van der Waals surface area contributed by atoms with Gasteiger partial charge in [0.2, 0.25) is 11.8 Å². The van der Waals surface area contributed by atoms with Gasteiger partial charge in [-0.15, -0.1) is 0 Å². The van der Waals surface area contributed by atoms with Crippen molar-refractivity contribution in [2.45, 2.75) is 57.1 Å². The van der Waals surface area contributed by atoms with Gasteiger partial charge in [-0.3, -0.25) is 13.9 Å². The van der Waals surface area contributed by atoms with E-state index in [1.54, 1.807) is 36.4 Å². The maximum atomic E-state index is 14.4. The van der Waals surface area contributed by atoms with Crippen molar-refractivity contribution in [1.29, 1.82) is 0 Å². The Morgan fingerprint density at radius 3 is 2.16 bits per heavy atom. The van der Waals surface area contributed by atoms with E-state index < -0.39 is 34.3 Å². The lowest BCUT2D eigenvalue weighted by atomic mass is 10.0. The van der Waals surface area contributed by atoms with Crippen LogP contribution in [0.2, 0.25) is 5.02 Å². The first-order valence-corrected chi connectivity index (χ1v) is 16.5. The average Bonchev–Trinajstić information content (AvgIpc) is 3.02. The van der Waals surface area contributed by atoms with Crippen molar-refractivity contribution in [1.82, 2.24) is 10.2 Å². The van der Waals surface area contributed by atoms with E-state index in [1.807, 2.05) is 51.1 Å². The molecule has 0 heterocycles. The van der Waals surface area contributed by atoms with Crippen LogP contribution in [0.25, 0.3) is 0 Å². The van der Waals surface area contributed by atoms with Crippen LogP contribution in [0.15, 0.2) is 108 Å². The van der Waals surface area contributed by atoms with E-state index in [0.29, 0.717) is 17.0 Å². The third kappa shape index (κ3) is 8.93. The number of hydrogen-bond acceptors (Lipinski definition) is 4. The molecule has 0 saturated heterocycles. The van der Waals surface area contributed by atoms with Crippen LogP contribution in [-0.2, 0) is 32.6 Å². The maximum Gasteiger partial charge on any atom is 0.264 e. The van der Waals surface area contributed by atoms with Gasteiger partial charge in [0.15, 0.2) is 0 Å². The Kier molecular flexibility index (Phi) is 11.4. The van der Waals surface area contributed by atoms with Crippen molar-refractivity contribution < 1.29 is 22.4 Å². The normalized spacial score (nSPS) is 12.6. The van der Waals surface area contributed by atoms with Gasteiger partial charge in [0.05, 0.1) is 10.6 Å². The number of amides is 2. The van der Waals surface area contributed by atoms with Crippen molar-refractivity contribution in [3.63, 3.8) is 0 Å². The Bertz CT molecular complexity index is 1700. The quantitative estimate of drug-likeness (QED) is 0.178. The summed E-state index contributed by atoms with van der Waals surface area (Å²) >= 11 is 6.28. The number of aryl methyl sites for hydroxylation is 1. The summed E-state index contributed by atoms with van der Waals surface area (Å²) in [6.45, 7) is 5.02. The molecule has 0 aromatic heterocycles. The molecule has 10 heteroatoms. The Hall–Kier alpha value is -4.21. The van der Waals surface area contributed by atoms with Gasteiger partial charge in [-0.2, -0.15) is 0 Å². The fourth-order valence-corrected chi connectivity index (χ4v) is 6.43. The highest BCUT2D eigenvalue weighted by atomic mass is 35.5. The molecule has 0 unspecified atom stereocenters. The molecule has 2 atom stereocenters. The third-order valence-corrected chi connectivity index (χ3v) is 9.54. The van der Waals surface area contributed by atoms with Crippen molar-refractivity contribution in [2.75, 3.05) is 10.8 Å². The first kappa shape index (κ1) is 33.7. The molecule has 236 valence electrons. The molecule has 0 radical (unpaired) electrons. The van der Waals surface area contributed by atoms with Crippen LogP contribution in [0, 0.1) is 12.7 Å². The number of anilines is 1. The van der Waals surface area contributed by atoms with Crippen LogP contribution in [0.3, 0.4) is 0 Å². The van der Waals surface area contributed by atoms with Gasteiger partial charge in [-0.05, 0) is 79.9 Å². The second kappa shape index (κ2) is 15.2. The van der Waals surface area contributed by atoms with E-state index in [0.717, 1.165) is 27.6 Å². The summed E-state index contributed by atoms with van der Waals surface area (Å²) < 4.78 is 42.9. The number of carbonyl (C=O) groups excluding carboxylic acids is 2. The zero-order valence-corrected chi connectivity index (χ0v) is 27.1. The molecule has 0 saturated carbocycles. The van der Waals surface area contributed by atoms with E-state index in [4.69, 9.17) is 11.6 Å². The molecular formula is C35H37ClFN3O4S. The lowest BCUT2D eigenvalue weighted by Crippen LogP contribution is -2.54. The van der Waals surface area contributed by atoms with Crippen molar-refractivity contribution in [2.24, 2.45) is 0 Å². The zero-order chi connectivity index (χ0) is 32.6. The van der Waals surface area contributed by atoms with Crippen molar-refractivity contribution >= 4 is 39.1 Å². The lowest BCUT2D eigenvalue weighted by molar-refractivity contribution is -0.140. The largest absolute Gasteiger partial charge is 0.352 e. The van der Waals surface area contributed by atoms with Gasteiger partial charge in [0.25, 0.3) is 10.0 Å². The van der Waals surface area contributed by atoms with Gasteiger partial charge < -0.3 is 10.2 Å². The Balaban J connectivity index is 1.80. The summed E-state index contributed by atoms with van der Waals surface area (Å²) in [5.74, 6) is -1.53. The summed E-state index contributed by atoms with van der Waals surface area (Å²) in [6, 6.07) is 26.3. The molecule has 4 aromatic rings. The van der Waals surface area contributed by atoms with Gasteiger partial charge in [0, 0.05) is 24.0 Å². The summed E-state index contributed by atoms with van der Waals surface area (Å²) in [6.07, 6.45) is 0.871. The van der Waals surface area contributed by atoms with Crippen LogP contribution in [-0.4, -0.2) is 43.8 Å². The summed E-state index contributed by atoms with van der Waals surface area (Å²) in [4.78, 5) is 29.7. The number of nitrogens with zero attached hydrogens (tertiary/aromatic N) is 2. The number of carbonyl (C=O) groups is 2. The summed E-state index contributed by atoms with van der Waals surface area (Å²) in [5, 5.41) is 3.46. The van der Waals surface area contributed by atoms with E-state index >= 15 is 0 Å². The molecule has 0 fully saturated rings. The fraction of sp³-hybridized carbons (Fsp3) is 0.257. The second-order valence-electron chi connectivity index (χ2n) is 11.0. The molecule has 7 nitrogen and oxygen atoms in total. The Labute approximate surface area is 269 Å². The van der Waals surface area contributed by atoms with E-state index in [1.165, 1.54) is 29.2 Å². The number of hydrogen-bond donors (Lipinski definition) is 1. The average molecular weight is 650 g/mol. The lowest BCUT2D eigenvalue weighted by Gasteiger charge is -2.34. The second-order valence-corrected chi connectivity index (χ2v) is 13.3. The van der Waals surface area contributed by atoms with Crippen molar-refractivity contribution in [3.05, 3.63) is 131 Å². The van der Waals surface area contributed by atoms with Crippen LogP contribution >= 0.6 is 11.6 Å². The van der Waals surface area contributed by atoms with Gasteiger partial charge in [-0.25, -0.2) is 12.8 Å². The van der Waals surface area contributed by atoms with Crippen LogP contribution in [0.5, 0.6) is 0 Å². The Morgan fingerprint density at radius 1 is 0.889 bits per heavy atom. The molecule has 0 aliphatic carbocycles. The molecule has 0 spiro atoms. The minimum Gasteiger partial charge on any atom is -0.352 e. The molecule has 4 rings (SSSR count). The highest BCUT2D eigenvalue weighted by molar-refractivity contribution is 7.92. The first-order valence-electron chi connectivity index (χ1n) is 14.7. The first-order chi connectivity index (χ1) is 21.5. The SMILES string of the molecule is CC[C@@H](C)NC(=O)[C@@H](Cc1ccccc1)N(Cc1cccc(Cl)c1)C(=O)CN(c1ccc(F)cc1)S(=O)(=O)c1ccc(C)cc1. The van der Waals surface area contributed by atoms with Crippen LogP contribution < -0.4 is 9.62 Å². The summed E-state index contributed by atoms with van der Waals surface area (Å²) in [7, 11) is -4.28. The highest BCUT2D eigenvalue weighted by Crippen LogP contribution is 2.26. The maximum absolute atomic E-state index is 14.4. The summed E-state index contributed by atoms with van der Waals surface area (Å²) in [5.41, 5.74) is 2.46. The minimum atomic E-state index is -4.28. The predicted octanol–water partition coefficient (Wildman–Crippen LogP) is 6.54. The standard InChI is InChI=1S/C35H37ClFN3O4S/c1-4-26(3)38-35(42)33(22-27-9-6-5-7-10-27)39(23-28-11-8-12-29(36)21-28)34(41)24-40(31-17-15-30(37)16-18-31)45(43,44)32-19-13-25(2)14-20-32/h5-21,26,33H,4,22-24H2,1-3H3,(H,38,42)/t26-,33-/m1/s1. The number of sulfonamides is 1. The predicted molar refractivity (Wildman–Crippen MR) is 176 cm³/mol. The zero-order valence-electron chi connectivity index (χ0n) is 25.5. The molecule has 0 aliphatic rings. The van der Waals surface area contributed by atoms with Gasteiger partial charge in [-0.1, -0.05) is 78.7 Å². The molecule has 2 amide bonds. The van der Waals surface area contributed by atoms with E-state index in [2.05, 4.69) is 5.32 Å². The molecule has 0 aliphatic heterocycles. The monoisotopic (exact) mass is 649 g/mol. The fourth-order valence-electron chi connectivity index (χ4n) is 4.80. The number of rotatable bonds is 13. The van der Waals surface area contributed by atoms with Gasteiger partial charge in [0.1, 0.15) is 18.4 Å². The molecule has 0 bridgehead atoms. The number of nitrogens with one attached hydrogen (secondary N) is 1. The highest BCUT2D eigenvalue weighted by Gasteiger charge is 2.35.